The molecule has 0 radical (unpaired) electrons. The monoisotopic (exact) mass is 296 g/mol. The lowest BCUT2D eigenvalue weighted by Crippen LogP contribution is -2.41. The first kappa shape index (κ1) is 13.4. The number of ether oxygens (including phenoxy) is 2. The van der Waals surface area contributed by atoms with Gasteiger partial charge in [0, 0.05) is 10.5 Å². The van der Waals surface area contributed by atoms with Crippen molar-refractivity contribution in [2.45, 2.75) is 80.7 Å². The molecular weight excluding hydrogens is 272 g/mol. The van der Waals surface area contributed by atoms with E-state index in [2.05, 4.69) is 25.6 Å². The second-order valence-corrected chi connectivity index (χ2v) is 8.95. The Bertz CT molecular complexity index is 422. The fourth-order valence-corrected chi connectivity index (χ4v) is 5.30. The molecule has 4 rings (SSSR count). The van der Waals surface area contributed by atoms with E-state index in [1.807, 2.05) is 0 Å². The van der Waals surface area contributed by atoms with Gasteiger partial charge in [0.2, 0.25) is 0 Å². The van der Waals surface area contributed by atoms with Crippen LogP contribution in [0.1, 0.15) is 52.4 Å². The molecule has 2 heterocycles. The Morgan fingerprint density at radius 3 is 2.70 bits per heavy atom. The van der Waals surface area contributed by atoms with Crippen LogP contribution in [0.4, 0.5) is 0 Å². The maximum absolute atomic E-state index is 12.4. The lowest BCUT2D eigenvalue weighted by Gasteiger charge is -2.37. The van der Waals surface area contributed by atoms with E-state index >= 15 is 0 Å². The molecule has 4 heteroatoms. The lowest BCUT2D eigenvalue weighted by molar-refractivity contribution is -0.168. The van der Waals surface area contributed by atoms with Crippen LogP contribution in [0.2, 0.25) is 0 Å². The van der Waals surface area contributed by atoms with Gasteiger partial charge in [-0.25, -0.2) is 0 Å². The third kappa shape index (κ3) is 2.50. The minimum atomic E-state index is -0.299. The Morgan fingerprint density at radius 2 is 1.95 bits per heavy atom. The molecule has 0 aromatic heterocycles. The SMILES string of the molecule is CC(C)(OC(=O)C1CCC2OC2C1)C1CCC2SC2C1. The van der Waals surface area contributed by atoms with E-state index in [0.29, 0.717) is 18.1 Å². The van der Waals surface area contributed by atoms with Gasteiger partial charge in [-0.15, -0.1) is 0 Å². The van der Waals surface area contributed by atoms with Gasteiger partial charge in [-0.3, -0.25) is 4.79 Å². The second-order valence-electron chi connectivity index (χ2n) is 7.47. The summed E-state index contributed by atoms with van der Waals surface area (Å²) in [6, 6.07) is 0. The summed E-state index contributed by atoms with van der Waals surface area (Å²) in [5, 5.41) is 1.77. The fraction of sp³-hybridized carbons (Fsp3) is 0.938. The zero-order valence-electron chi connectivity index (χ0n) is 12.3. The number of carbonyl (C=O) groups excluding carboxylic acids is 1. The average Bonchev–Trinajstić information content (AvgIpc) is 3.30. The molecule has 0 bridgehead atoms. The van der Waals surface area contributed by atoms with Crippen molar-refractivity contribution in [3.8, 4) is 0 Å². The molecule has 6 atom stereocenters. The molecule has 2 aliphatic heterocycles. The first-order valence-electron chi connectivity index (χ1n) is 8.07. The molecule has 3 nitrogen and oxygen atoms in total. The molecule has 0 aromatic carbocycles. The van der Waals surface area contributed by atoms with E-state index in [4.69, 9.17) is 9.47 Å². The van der Waals surface area contributed by atoms with Gasteiger partial charge in [-0.1, -0.05) is 0 Å². The first-order valence-corrected chi connectivity index (χ1v) is 9.01. The Morgan fingerprint density at radius 1 is 1.10 bits per heavy atom. The topological polar surface area (TPSA) is 38.8 Å². The Labute approximate surface area is 125 Å². The van der Waals surface area contributed by atoms with Crippen LogP contribution in [-0.4, -0.2) is 34.3 Å². The van der Waals surface area contributed by atoms with Gasteiger partial charge in [0.25, 0.3) is 0 Å². The van der Waals surface area contributed by atoms with Gasteiger partial charge in [-0.05, 0) is 58.3 Å². The highest BCUT2D eigenvalue weighted by Gasteiger charge is 2.50. The summed E-state index contributed by atoms with van der Waals surface area (Å²) in [5.74, 6) is 0.635. The number of hydrogen-bond acceptors (Lipinski definition) is 4. The zero-order valence-corrected chi connectivity index (χ0v) is 13.2. The van der Waals surface area contributed by atoms with E-state index in [-0.39, 0.29) is 17.5 Å². The number of thioether (sulfide) groups is 1. The van der Waals surface area contributed by atoms with E-state index in [9.17, 15) is 4.79 Å². The molecule has 4 fully saturated rings. The van der Waals surface area contributed by atoms with Crippen LogP contribution < -0.4 is 0 Å². The van der Waals surface area contributed by atoms with Gasteiger partial charge in [0.05, 0.1) is 18.1 Å². The minimum Gasteiger partial charge on any atom is -0.459 e. The summed E-state index contributed by atoms with van der Waals surface area (Å²) in [6.45, 7) is 4.23. The predicted molar refractivity (Wildman–Crippen MR) is 78.7 cm³/mol. The third-order valence-electron chi connectivity index (χ3n) is 5.69. The predicted octanol–water partition coefficient (Wildman–Crippen LogP) is 3.16. The van der Waals surface area contributed by atoms with Gasteiger partial charge >= 0.3 is 5.97 Å². The first-order chi connectivity index (χ1) is 9.53. The minimum absolute atomic E-state index is 0.0227. The maximum atomic E-state index is 12.4. The van der Waals surface area contributed by atoms with Crippen LogP contribution in [0.5, 0.6) is 0 Å². The molecule has 112 valence electrons. The number of carbonyl (C=O) groups is 1. The van der Waals surface area contributed by atoms with Crippen LogP contribution in [0.25, 0.3) is 0 Å². The highest BCUT2D eigenvalue weighted by molar-refractivity contribution is 8.07. The van der Waals surface area contributed by atoms with Gasteiger partial charge in [0.15, 0.2) is 0 Å². The van der Waals surface area contributed by atoms with Crippen molar-refractivity contribution in [1.82, 2.24) is 0 Å². The van der Waals surface area contributed by atoms with Crippen LogP contribution in [-0.2, 0) is 14.3 Å². The largest absolute Gasteiger partial charge is 0.459 e. The standard InChI is InChI=1S/C16H24O3S/c1-16(2,10-4-6-13-14(8-10)20-13)19-15(17)9-3-5-11-12(7-9)18-11/h9-14H,3-8H2,1-2H3. The molecule has 2 saturated carbocycles. The number of hydrogen-bond donors (Lipinski definition) is 0. The highest BCUT2D eigenvalue weighted by Crippen LogP contribution is 2.54. The highest BCUT2D eigenvalue weighted by atomic mass is 32.2. The third-order valence-corrected chi connectivity index (χ3v) is 7.16. The summed E-state index contributed by atoms with van der Waals surface area (Å²) in [6.07, 6.45) is 7.42. The van der Waals surface area contributed by atoms with E-state index in [1.54, 1.807) is 0 Å². The van der Waals surface area contributed by atoms with Gasteiger partial charge < -0.3 is 9.47 Å². The quantitative estimate of drug-likeness (QED) is 0.592. The van der Waals surface area contributed by atoms with Crippen LogP contribution in [0, 0.1) is 11.8 Å². The Hall–Kier alpha value is -0.220. The van der Waals surface area contributed by atoms with Crippen molar-refractivity contribution in [2.75, 3.05) is 0 Å². The molecule has 20 heavy (non-hydrogen) atoms. The number of epoxide rings is 1. The molecule has 2 saturated heterocycles. The summed E-state index contributed by atoms with van der Waals surface area (Å²) < 4.78 is 11.5. The summed E-state index contributed by atoms with van der Waals surface area (Å²) in [4.78, 5) is 12.4. The molecule has 0 aromatic rings. The molecule has 4 aliphatic rings. The molecule has 0 amide bonds. The second kappa shape index (κ2) is 4.64. The van der Waals surface area contributed by atoms with E-state index < -0.39 is 0 Å². The molecule has 0 N–H and O–H groups in total. The Kier molecular flexibility index (Phi) is 3.12. The summed E-state index contributed by atoms with van der Waals surface area (Å²) in [7, 11) is 0. The van der Waals surface area contributed by atoms with Crippen LogP contribution >= 0.6 is 11.8 Å². The van der Waals surface area contributed by atoms with Crippen molar-refractivity contribution in [3.63, 3.8) is 0 Å². The van der Waals surface area contributed by atoms with E-state index in [0.717, 1.165) is 29.8 Å². The number of fused-ring (bicyclic) bond motifs is 2. The summed E-state index contributed by atoms with van der Waals surface area (Å²) in [5.41, 5.74) is -0.299. The van der Waals surface area contributed by atoms with Crippen molar-refractivity contribution in [3.05, 3.63) is 0 Å². The molecular formula is C16H24O3S. The van der Waals surface area contributed by atoms with Crippen molar-refractivity contribution >= 4 is 17.7 Å². The maximum Gasteiger partial charge on any atom is 0.309 e. The average molecular weight is 296 g/mol. The van der Waals surface area contributed by atoms with Gasteiger partial charge in [0.1, 0.15) is 5.60 Å². The van der Waals surface area contributed by atoms with E-state index in [1.165, 1.54) is 19.3 Å². The molecule has 0 spiro atoms. The van der Waals surface area contributed by atoms with Crippen LogP contribution in [0.15, 0.2) is 0 Å². The molecule has 6 unspecified atom stereocenters. The number of esters is 1. The van der Waals surface area contributed by atoms with Crippen molar-refractivity contribution in [1.29, 1.82) is 0 Å². The number of rotatable bonds is 3. The molecule has 2 aliphatic carbocycles. The van der Waals surface area contributed by atoms with Crippen LogP contribution in [0.3, 0.4) is 0 Å². The lowest BCUT2D eigenvalue weighted by atomic mass is 9.78. The zero-order chi connectivity index (χ0) is 13.9. The van der Waals surface area contributed by atoms with Gasteiger partial charge in [-0.2, -0.15) is 11.8 Å². The fourth-order valence-electron chi connectivity index (χ4n) is 4.08. The van der Waals surface area contributed by atoms with Crippen molar-refractivity contribution in [2.24, 2.45) is 11.8 Å². The van der Waals surface area contributed by atoms with Crippen molar-refractivity contribution < 1.29 is 14.3 Å². The normalized spacial score (nSPS) is 46.1. The smallest absolute Gasteiger partial charge is 0.309 e. The Balaban J connectivity index is 1.35. The summed E-state index contributed by atoms with van der Waals surface area (Å²) >= 11 is 2.11.